The number of benzene rings is 1. The smallest absolute Gasteiger partial charge is 0.128 e. The van der Waals surface area contributed by atoms with Crippen LogP contribution in [0.3, 0.4) is 0 Å². The van der Waals surface area contributed by atoms with E-state index in [1.54, 1.807) is 19.2 Å². The van der Waals surface area contributed by atoms with Crippen LogP contribution in [0.25, 0.3) is 0 Å². The summed E-state index contributed by atoms with van der Waals surface area (Å²) in [4.78, 5) is 0. The molecule has 0 atom stereocenters. The Kier molecular flexibility index (Phi) is 3.97. The van der Waals surface area contributed by atoms with Gasteiger partial charge in [0.25, 0.3) is 0 Å². The molecule has 2 rings (SSSR count). The minimum absolute atomic E-state index is 0.179. The minimum atomic E-state index is -0.179. The maximum atomic E-state index is 13.4. The number of hydrogen-bond donors (Lipinski definition) is 1. The lowest BCUT2D eigenvalue weighted by molar-refractivity contribution is 0.578. The molecule has 0 aliphatic carbocycles. The lowest BCUT2D eigenvalue weighted by Gasteiger charge is -2.09. The van der Waals surface area contributed by atoms with Gasteiger partial charge < -0.3 is 5.32 Å². The summed E-state index contributed by atoms with van der Waals surface area (Å²) in [6.07, 6.45) is 2.84. The fourth-order valence-electron chi connectivity index (χ4n) is 1.82. The topological polar surface area (TPSA) is 29.9 Å². The highest BCUT2D eigenvalue weighted by Crippen LogP contribution is 2.14. The van der Waals surface area contributed by atoms with Crippen LogP contribution in [0.15, 0.2) is 30.5 Å². The molecule has 0 radical (unpaired) electrons. The standard InChI is InChI=1S/C14H18FN3/c1-3-8-18-13(6-7-17-18)10-16-12-5-4-11(2)14(15)9-12/h4-7,9,16H,3,8,10H2,1-2H3. The molecular weight excluding hydrogens is 229 g/mol. The number of anilines is 1. The van der Waals surface area contributed by atoms with E-state index in [-0.39, 0.29) is 5.82 Å². The fraction of sp³-hybridized carbons (Fsp3) is 0.357. The van der Waals surface area contributed by atoms with Crippen LogP contribution in [0, 0.1) is 12.7 Å². The van der Waals surface area contributed by atoms with Crippen molar-refractivity contribution in [2.24, 2.45) is 0 Å². The first-order valence-electron chi connectivity index (χ1n) is 6.21. The second-order valence-corrected chi connectivity index (χ2v) is 4.36. The predicted molar refractivity (Wildman–Crippen MR) is 71.0 cm³/mol. The Morgan fingerprint density at radius 2 is 2.17 bits per heavy atom. The average molecular weight is 247 g/mol. The van der Waals surface area contributed by atoms with Crippen molar-refractivity contribution < 1.29 is 4.39 Å². The number of nitrogens with one attached hydrogen (secondary N) is 1. The van der Waals surface area contributed by atoms with Gasteiger partial charge in [-0.2, -0.15) is 5.10 Å². The van der Waals surface area contributed by atoms with Gasteiger partial charge in [0.05, 0.1) is 12.2 Å². The predicted octanol–water partition coefficient (Wildman–Crippen LogP) is 3.35. The summed E-state index contributed by atoms with van der Waals surface area (Å²) in [5.74, 6) is -0.179. The third-order valence-corrected chi connectivity index (χ3v) is 2.89. The first-order valence-corrected chi connectivity index (χ1v) is 6.21. The van der Waals surface area contributed by atoms with Crippen molar-refractivity contribution in [1.29, 1.82) is 0 Å². The lowest BCUT2D eigenvalue weighted by atomic mass is 10.2. The highest BCUT2D eigenvalue weighted by molar-refractivity contribution is 5.45. The molecule has 1 N–H and O–H groups in total. The van der Waals surface area contributed by atoms with Crippen molar-refractivity contribution in [3.63, 3.8) is 0 Å². The van der Waals surface area contributed by atoms with E-state index in [1.807, 2.05) is 16.8 Å². The zero-order valence-electron chi connectivity index (χ0n) is 10.8. The summed E-state index contributed by atoms with van der Waals surface area (Å²) in [6, 6.07) is 7.17. The molecule has 0 saturated carbocycles. The van der Waals surface area contributed by atoms with E-state index in [9.17, 15) is 4.39 Å². The molecule has 3 nitrogen and oxygen atoms in total. The Hall–Kier alpha value is -1.84. The molecular formula is C14H18FN3. The number of hydrogen-bond acceptors (Lipinski definition) is 2. The van der Waals surface area contributed by atoms with E-state index in [1.165, 1.54) is 6.07 Å². The minimum Gasteiger partial charge on any atom is -0.379 e. The van der Waals surface area contributed by atoms with Crippen LogP contribution >= 0.6 is 0 Å². The maximum absolute atomic E-state index is 13.4. The molecule has 0 aliphatic heterocycles. The molecule has 18 heavy (non-hydrogen) atoms. The average Bonchev–Trinajstić information content (AvgIpc) is 2.79. The Bertz CT molecular complexity index is 520. The molecule has 0 fully saturated rings. The molecule has 1 aromatic carbocycles. The molecule has 4 heteroatoms. The lowest BCUT2D eigenvalue weighted by Crippen LogP contribution is -2.09. The SMILES string of the molecule is CCCn1nccc1CNc1ccc(C)c(F)c1. The van der Waals surface area contributed by atoms with Crippen molar-refractivity contribution >= 4 is 5.69 Å². The Balaban J connectivity index is 2.02. The van der Waals surface area contributed by atoms with E-state index in [0.29, 0.717) is 12.1 Å². The molecule has 2 aromatic rings. The maximum Gasteiger partial charge on any atom is 0.128 e. The number of nitrogens with zero attached hydrogens (tertiary/aromatic N) is 2. The number of halogens is 1. The Morgan fingerprint density at radius 3 is 2.89 bits per heavy atom. The third-order valence-electron chi connectivity index (χ3n) is 2.89. The van der Waals surface area contributed by atoms with Crippen LogP contribution in [-0.2, 0) is 13.1 Å². The number of rotatable bonds is 5. The van der Waals surface area contributed by atoms with E-state index in [4.69, 9.17) is 0 Å². The third kappa shape index (κ3) is 2.88. The molecule has 1 aromatic heterocycles. The quantitative estimate of drug-likeness (QED) is 0.878. The van der Waals surface area contributed by atoms with Gasteiger partial charge in [-0.25, -0.2) is 4.39 Å². The summed E-state index contributed by atoms with van der Waals surface area (Å²) < 4.78 is 15.4. The van der Waals surface area contributed by atoms with Gasteiger partial charge in [0.2, 0.25) is 0 Å². The van der Waals surface area contributed by atoms with Crippen LogP contribution in [0.5, 0.6) is 0 Å². The van der Waals surface area contributed by atoms with Gasteiger partial charge in [0, 0.05) is 18.4 Å². The Morgan fingerprint density at radius 1 is 1.33 bits per heavy atom. The summed E-state index contributed by atoms with van der Waals surface area (Å²) in [6.45, 7) is 5.44. The highest BCUT2D eigenvalue weighted by atomic mass is 19.1. The van der Waals surface area contributed by atoms with Crippen molar-refractivity contribution in [1.82, 2.24) is 9.78 Å². The van der Waals surface area contributed by atoms with Crippen LogP contribution < -0.4 is 5.32 Å². The molecule has 0 unspecified atom stereocenters. The van der Waals surface area contributed by atoms with Crippen molar-refractivity contribution in [2.75, 3.05) is 5.32 Å². The van der Waals surface area contributed by atoms with Gasteiger partial charge in [-0.3, -0.25) is 4.68 Å². The second kappa shape index (κ2) is 5.67. The van der Waals surface area contributed by atoms with Gasteiger partial charge in [-0.05, 0) is 37.1 Å². The van der Waals surface area contributed by atoms with E-state index in [2.05, 4.69) is 17.3 Å². The molecule has 1 heterocycles. The normalized spacial score (nSPS) is 10.6. The summed E-state index contributed by atoms with van der Waals surface area (Å²) in [7, 11) is 0. The molecule has 0 amide bonds. The van der Waals surface area contributed by atoms with Crippen LogP contribution in [0.1, 0.15) is 24.6 Å². The van der Waals surface area contributed by atoms with Gasteiger partial charge in [0.1, 0.15) is 5.82 Å². The van der Waals surface area contributed by atoms with Crippen molar-refractivity contribution in [2.45, 2.75) is 33.4 Å². The van der Waals surface area contributed by atoms with E-state index >= 15 is 0 Å². The summed E-state index contributed by atoms with van der Waals surface area (Å²) in [5, 5.41) is 7.47. The second-order valence-electron chi connectivity index (χ2n) is 4.36. The summed E-state index contributed by atoms with van der Waals surface area (Å²) in [5.41, 5.74) is 2.57. The van der Waals surface area contributed by atoms with E-state index < -0.39 is 0 Å². The van der Waals surface area contributed by atoms with Gasteiger partial charge in [-0.15, -0.1) is 0 Å². The van der Waals surface area contributed by atoms with Gasteiger partial charge in [0.15, 0.2) is 0 Å². The monoisotopic (exact) mass is 247 g/mol. The first-order chi connectivity index (χ1) is 8.70. The summed E-state index contributed by atoms with van der Waals surface area (Å²) >= 11 is 0. The first kappa shape index (κ1) is 12.6. The van der Waals surface area contributed by atoms with Crippen molar-refractivity contribution in [3.05, 3.63) is 47.5 Å². The number of aromatic nitrogens is 2. The molecule has 96 valence electrons. The Labute approximate surface area is 107 Å². The van der Waals surface area contributed by atoms with Gasteiger partial charge in [-0.1, -0.05) is 13.0 Å². The van der Waals surface area contributed by atoms with E-state index in [0.717, 1.165) is 24.3 Å². The highest BCUT2D eigenvalue weighted by Gasteiger charge is 2.03. The molecule has 0 aliphatic rings. The molecule has 0 saturated heterocycles. The number of aryl methyl sites for hydroxylation is 2. The van der Waals surface area contributed by atoms with Crippen LogP contribution in [0.4, 0.5) is 10.1 Å². The largest absolute Gasteiger partial charge is 0.379 e. The fourth-order valence-corrected chi connectivity index (χ4v) is 1.82. The molecule has 0 bridgehead atoms. The zero-order chi connectivity index (χ0) is 13.0. The zero-order valence-corrected chi connectivity index (χ0v) is 10.8. The van der Waals surface area contributed by atoms with Crippen LogP contribution in [-0.4, -0.2) is 9.78 Å². The van der Waals surface area contributed by atoms with Crippen LogP contribution in [0.2, 0.25) is 0 Å². The molecule has 0 spiro atoms. The van der Waals surface area contributed by atoms with Gasteiger partial charge >= 0.3 is 0 Å². The van der Waals surface area contributed by atoms with Crippen molar-refractivity contribution in [3.8, 4) is 0 Å².